The quantitative estimate of drug-likeness (QED) is 0.707. The van der Waals surface area contributed by atoms with Gasteiger partial charge in [-0.1, -0.05) is 0 Å². The highest BCUT2D eigenvalue weighted by Crippen LogP contribution is 2.23. The van der Waals surface area contributed by atoms with Crippen LogP contribution in [0.1, 0.15) is 41.6 Å². The second-order valence-corrected chi connectivity index (χ2v) is 9.65. The lowest BCUT2D eigenvalue weighted by Crippen LogP contribution is -2.42. The predicted molar refractivity (Wildman–Crippen MR) is 113 cm³/mol. The third-order valence-corrected chi connectivity index (χ3v) is 7.62. The van der Waals surface area contributed by atoms with Gasteiger partial charge in [0.25, 0.3) is 5.91 Å². The van der Waals surface area contributed by atoms with Gasteiger partial charge < -0.3 is 9.64 Å². The van der Waals surface area contributed by atoms with Crippen LogP contribution in [0.4, 0.5) is 0 Å². The summed E-state index contributed by atoms with van der Waals surface area (Å²) in [6, 6.07) is 11.6. The summed E-state index contributed by atoms with van der Waals surface area (Å²) in [7, 11) is -3.49. The minimum atomic E-state index is -3.49. The number of carbonyl (C=O) groups is 1. The number of nitriles is 1. The number of pyridine rings is 1. The van der Waals surface area contributed by atoms with Crippen LogP contribution < -0.4 is 4.74 Å². The first kappa shape index (κ1) is 21.3. The van der Waals surface area contributed by atoms with Crippen molar-refractivity contribution < 1.29 is 17.9 Å². The van der Waals surface area contributed by atoms with Gasteiger partial charge in [0.05, 0.1) is 4.90 Å². The molecule has 1 aromatic carbocycles. The molecule has 2 aliphatic rings. The van der Waals surface area contributed by atoms with E-state index in [9.17, 15) is 13.2 Å². The van der Waals surface area contributed by atoms with E-state index in [1.54, 1.807) is 35.4 Å². The molecule has 0 saturated carbocycles. The molecule has 0 spiro atoms. The highest BCUT2D eigenvalue weighted by Gasteiger charge is 2.28. The highest BCUT2D eigenvalue weighted by molar-refractivity contribution is 7.89. The van der Waals surface area contributed by atoms with Crippen molar-refractivity contribution in [3.05, 3.63) is 53.7 Å². The zero-order valence-corrected chi connectivity index (χ0v) is 17.9. The number of piperidine rings is 1. The molecule has 2 aromatic rings. The van der Waals surface area contributed by atoms with Gasteiger partial charge in [-0.3, -0.25) is 4.79 Å². The first-order valence-corrected chi connectivity index (χ1v) is 11.8. The molecule has 0 unspecified atom stereocenters. The van der Waals surface area contributed by atoms with Crippen molar-refractivity contribution >= 4 is 15.9 Å². The van der Waals surface area contributed by atoms with Crippen LogP contribution in [0.15, 0.2) is 47.5 Å². The molecular formula is C22H24N4O4S. The van der Waals surface area contributed by atoms with E-state index < -0.39 is 10.0 Å². The molecular weight excluding hydrogens is 416 g/mol. The Kier molecular flexibility index (Phi) is 6.20. The van der Waals surface area contributed by atoms with Gasteiger partial charge in [-0.05, 0) is 49.2 Å². The van der Waals surface area contributed by atoms with Gasteiger partial charge in [-0.15, -0.1) is 0 Å². The number of nitrogens with zero attached hydrogens (tertiary/aromatic N) is 4. The van der Waals surface area contributed by atoms with Crippen LogP contribution in [0.25, 0.3) is 0 Å². The minimum absolute atomic E-state index is 0.112. The maximum absolute atomic E-state index is 12.9. The van der Waals surface area contributed by atoms with E-state index in [-0.39, 0.29) is 16.9 Å². The number of sulfonamides is 1. The Labute approximate surface area is 182 Å². The number of likely N-dealkylation sites (tertiary alicyclic amines) is 1. The summed E-state index contributed by atoms with van der Waals surface area (Å²) in [5.41, 5.74) is 0.862. The van der Waals surface area contributed by atoms with Gasteiger partial charge in [0.15, 0.2) is 0 Å². The van der Waals surface area contributed by atoms with E-state index in [0.717, 1.165) is 12.8 Å². The van der Waals surface area contributed by atoms with E-state index in [1.807, 2.05) is 0 Å². The minimum Gasteiger partial charge on any atom is -0.473 e. The molecule has 2 saturated heterocycles. The third-order valence-electron chi connectivity index (χ3n) is 5.70. The van der Waals surface area contributed by atoms with Crippen LogP contribution in [-0.4, -0.2) is 60.8 Å². The summed E-state index contributed by atoms with van der Waals surface area (Å²) < 4.78 is 32.6. The number of amides is 1. The lowest BCUT2D eigenvalue weighted by atomic mass is 10.1. The standard InChI is InChI=1S/C22H24N4O4S/c23-16-18-4-3-11-24-21(18)30-19-9-14-25(15-10-19)22(27)17-5-7-20(8-6-17)31(28,29)26-12-1-2-13-26/h3-8,11,19H,1-2,9-10,12-15H2. The smallest absolute Gasteiger partial charge is 0.253 e. The molecule has 0 N–H and O–H groups in total. The zero-order valence-electron chi connectivity index (χ0n) is 17.1. The molecule has 3 heterocycles. The zero-order chi connectivity index (χ0) is 21.8. The third kappa shape index (κ3) is 4.55. The van der Waals surface area contributed by atoms with Gasteiger partial charge in [0.2, 0.25) is 15.9 Å². The Balaban J connectivity index is 1.36. The van der Waals surface area contributed by atoms with Crippen LogP contribution in [-0.2, 0) is 10.0 Å². The number of ether oxygens (including phenoxy) is 1. The summed E-state index contributed by atoms with van der Waals surface area (Å²) >= 11 is 0. The monoisotopic (exact) mass is 440 g/mol. The Morgan fingerprint density at radius 3 is 2.39 bits per heavy atom. The summed E-state index contributed by atoms with van der Waals surface area (Å²) in [6.07, 6.45) is 4.51. The molecule has 2 aliphatic heterocycles. The number of rotatable bonds is 5. The molecule has 0 aliphatic carbocycles. The first-order valence-electron chi connectivity index (χ1n) is 10.4. The Morgan fingerprint density at radius 2 is 1.74 bits per heavy atom. The molecule has 0 atom stereocenters. The van der Waals surface area contributed by atoms with Gasteiger partial charge >= 0.3 is 0 Å². The topological polar surface area (TPSA) is 104 Å². The van der Waals surface area contributed by atoms with Gasteiger partial charge in [0, 0.05) is 50.8 Å². The highest BCUT2D eigenvalue weighted by atomic mass is 32.2. The molecule has 4 rings (SSSR count). The van der Waals surface area contributed by atoms with Crippen LogP contribution in [0, 0.1) is 11.3 Å². The van der Waals surface area contributed by atoms with Crippen LogP contribution >= 0.6 is 0 Å². The maximum Gasteiger partial charge on any atom is 0.253 e. The average Bonchev–Trinajstić information content (AvgIpc) is 3.36. The Bertz CT molecular complexity index is 1080. The molecule has 162 valence electrons. The van der Waals surface area contributed by atoms with E-state index in [4.69, 9.17) is 10.00 Å². The Hall–Kier alpha value is -2.96. The first-order chi connectivity index (χ1) is 15.0. The van der Waals surface area contributed by atoms with Crippen LogP contribution in [0.3, 0.4) is 0 Å². The summed E-state index contributed by atoms with van der Waals surface area (Å²) in [4.78, 5) is 18.9. The van der Waals surface area contributed by atoms with Crippen molar-refractivity contribution in [2.24, 2.45) is 0 Å². The van der Waals surface area contributed by atoms with Crippen molar-refractivity contribution in [3.8, 4) is 11.9 Å². The van der Waals surface area contributed by atoms with Crippen LogP contribution in [0.2, 0.25) is 0 Å². The predicted octanol–water partition coefficient (Wildman–Crippen LogP) is 2.42. The second-order valence-electron chi connectivity index (χ2n) is 7.71. The van der Waals surface area contributed by atoms with E-state index >= 15 is 0 Å². The lowest BCUT2D eigenvalue weighted by molar-refractivity contribution is 0.0587. The largest absolute Gasteiger partial charge is 0.473 e. The second kappa shape index (κ2) is 9.04. The molecule has 9 heteroatoms. The van der Waals surface area contributed by atoms with Crippen molar-refractivity contribution in [1.82, 2.24) is 14.2 Å². The number of benzene rings is 1. The van der Waals surface area contributed by atoms with Gasteiger partial charge in [0.1, 0.15) is 17.7 Å². The summed E-state index contributed by atoms with van der Waals surface area (Å²) in [5.74, 6) is 0.198. The molecule has 8 nitrogen and oxygen atoms in total. The molecule has 1 amide bonds. The molecule has 0 bridgehead atoms. The van der Waals surface area contributed by atoms with Gasteiger partial charge in [-0.2, -0.15) is 9.57 Å². The van der Waals surface area contributed by atoms with E-state index in [2.05, 4.69) is 11.1 Å². The number of aromatic nitrogens is 1. The number of carbonyl (C=O) groups excluding carboxylic acids is 1. The van der Waals surface area contributed by atoms with Crippen molar-refractivity contribution in [2.45, 2.75) is 36.7 Å². The molecule has 0 radical (unpaired) electrons. The lowest BCUT2D eigenvalue weighted by Gasteiger charge is -2.32. The maximum atomic E-state index is 12.9. The van der Waals surface area contributed by atoms with Crippen LogP contribution in [0.5, 0.6) is 5.88 Å². The molecule has 31 heavy (non-hydrogen) atoms. The average molecular weight is 441 g/mol. The Morgan fingerprint density at radius 1 is 1.06 bits per heavy atom. The van der Waals surface area contributed by atoms with Crippen molar-refractivity contribution in [3.63, 3.8) is 0 Å². The molecule has 2 fully saturated rings. The molecule has 1 aromatic heterocycles. The fourth-order valence-corrected chi connectivity index (χ4v) is 5.45. The van der Waals surface area contributed by atoms with Crippen molar-refractivity contribution in [1.29, 1.82) is 5.26 Å². The van der Waals surface area contributed by atoms with E-state index in [1.165, 1.54) is 16.4 Å². The van der Waals surface area contributed by atoms with Crippen molar-refractivity contribution in [2.75, 3.05) is 26.2 Å². The fraction of sp³-hybridized carbons (Fsp3) is 0.409. The van der Waals surface area contributed by atoms with E-state index in [0.29, 0.717) is 56.0 Å². The summed E-state index contributed by atoms with van der Waals surface area (Å²) in [5, 5.41) is 9.16. The normalized spacial score (nSPS) is 18.0. The number of hydrogen-bond donors (Lipinski definition) is 0. The fourth-order valence-electron chi connectivity index (χ4n) is 3.93. The summed E-state index contributed by atoms with van der Waals surface area (Å²) in [6.45, 7) is 2.14. The van der Waals surface area contributed by atoms with Gasteiger partial charge in [-0.25, -0.2) is 13.4 Å². The number of hydrogen-bond acceptors (Lipinski definition) is 6. The SMILES string of the molecule is N#Cc1cccnc1OC1CCN(C(=O)c2ccc(S(=O)(=O)N3CCCC3)cc2)CC1.